The van der Waals surface area contributed by atoms with Crippen LogP contribution in [0.4, 0.5) is 0 Å². The first-order valence-electron chi connectivity index (χ1n) is 11.0. The largest absolute Gasteiger partial charge is 0.497 e. The van der Waals surface area contributed by atoms with Gasteiger partial charge in [-0.3, -0.25) is 9.69 Å². The first-order valence-corrected chi connectivity index (χ1v) is 11.0. The van der Waals surface area contributed by atoms with Crippen LogP contribution in [0, 0.1) is 23.7 Å². The van der Waals surface area contributed by atoms with E-state index >= 15 is 0 Å². The fraction of sp³-hybridized carbons (Fsp3) is 0.708. The quantitative estimate of drug-likeness (QED) is 0.735. The van der Waals surface area contributed by atoms with Gasteiger partial charge >= 0.3 is 0 Å². The number of ketones is 1. The Morgan fingerprint density at radius 2 is 2.04 bits per heavy atom. The van der Waals surface area contributed by atoms with Gasteiger partial charge < -0.3 is 4.74 Å². The standard InChI is InChI=1S/C24H33NO2.ClH/c1-15-16(2)23-21-11-18-7-8-19(27-3)12-20(18)24(23,13-22(15)26)9-10-25(21)14-17-5-4-6-17;/h7-8,12,15-17,21,23H,4-6,9-11,13-14H2,1-3H3;1H/t15-,16-,21?,23-,24?;/m0./s1. The average molecular weight is 404 g/mol. The Hall–Kier alpha value is -1.06. The number of nitrogens with zero attached hydrogens (tertiary/aromatic N) is 1. The number of methoxy groups -OCH3 is 1. The molecule has 154 valence electrons. The maximum Gasteiger partial charge on any atom is 0.136 e. The van der Waals surface area contributed by atoms with E-state index < -0.39 is 0 Å². The molecule has 3 aliphatic carbocycles. The van der Waals surface area contributed by atoms with Crippen molar-refractivity contribution in [2.75, 3.05) is 20.2 Å². The van der Waals surface area contributed by atoms with Crippen LogP contribution < -0.4 is 4.74 Å². The van der Waals surface area contributed by atoms with Crippen LogP contribution >= 0.6 is 12.4 Å². The zero-order valence-corrected chi connectivity index (χ0v) is 18.3. The van der Waals surface area contributed by atoms with E-state index in [0.29, 0.717) is 23.7 Å². The molecule has 4 heteroatoms. The summed E-state index contributed by atoms with van der Waals surface area (Å²) in [5.74, 6) is 3.57. The molecule has 28 heavy (non-hydrogen) atoms. The summed E-state index contributed by atoms with van der Waals surface area (Å²) in [6.07, 6.45) is 7.25. The highest BCUT2D eigenvalue weighted by molar-refractivity contribution is 5.85. The highest BCUT2D eigenvalue weighted by Gasteiger charge is 2.59. The summed E-state index contributed by atoms with van der Waals surface area (Å²) >= 11 is 0. The predicted molar refractivity (Wildman–Crippen MR) is 114 cm³/mol. The van der Waals surface area contributed by atoms with Crippen molar-refractivity contribution >= 4 is 18.2 Å². The molecule has 0 spiro atoms. The van der Waals surface area contributed by atoms with Gasteiger partial charge in [-0.2, -0.15) is 0 Å². The molecular formula is C24H34ClNO2. The third kappa shape index (κ3) is 2.84. The number of hydrogen-bond donors (Lipinski definition) is 0. The van der Waals surface area contributed by atoms with Crippen molar-refractivity contribution < 1.29 is 9.53 Å². The van der Waals surface area contributed by atoms with Crippen LogP contribution in [-0.2, 0) is 16.6 Å². The lowest BCUT2D eigenvalue weighted by Gasteiger charge is -2.62. The van der Waals surface area contributed by atoms with E-state index in [0.717, 1.165) is 37.5 Å². The van der Waals surface area contributed by atoms with E-state index in [2.05, 4.69) is 36.9 Å². The lowest BCUT2D eigenvalue weighted by Crippen LogP contribution is -2.65. The zero-order chi connectivity index (χ0) is 18.8. The minimum atomic E-state index is 0. The molecule has 1 heterocycles. The Bertz CT molecular complexity index is 761. The van der Waals surface area contributed by atoms with Crippen LogP contribution in [0.1, 0.15) is 57.1 Å². The Kier molecular flexibility index (Phi) is 5.29. The summed E-state index contributed by atoms with van der Waals surface area (Å²) in [5.41, 5.74) is 2.93. The van der Waals surface area contributed by atoms with Gasteiger partial charge in [-0.25, -0.2) is 0 Å². The summed E-state index contributed by atoms with van der Waals surface area (Å²) in [5, 5.41) is 0. The number of hydrogen-bond acceptors (Lipinski definition) is 3. The zero-order valence-electron chi connectivity index (χ0n) is 17.4. The van der Waals surface area contributed by atoms with Gasteiger partial charge in [0.15, 0.2) is 0 Å². The maximum absolute atomic E-state index is 13.0. The monoisotopic (exact) mass is 403 g/mol. The van der Waals surface area contributed by atoms with Crippen LogP contribution in [0.25, 0.3) is 0 Å². The molecule has 2 saturated carbocycles. The third-order valence-electron chi connectivity index (χ3n) is 8.72. The minimum Gasteiger partial charge on any atom is -0.497 e. The van der Waals surface area contributed by atoms with Crippen molar-refractivity contribution in [2.45, 2.75) is 63.8 Å². The minimum absolute atomic E-state index is 0. The molecule has 2 bridgehead atoms. The Labute approximate surface area is 175 Å². The Morgan fingerprint density at radius 3 is 2.71 bits per heavy atom. The van der Waals surface area contributed by atoms with Crippen LogP contribution in [0.3, 0.4) is 0 Å². The summed E-state index contributed by atoms with van der Waals surface area (Å²) in [4.78, 5) is 15.8. The second-order valence-electron chi connectivity index (χ2n) is 9.81. The third-order valence-corrected chi connectivity index (χ3v) is 8.72. The van der Waals surface area contributed by atoms with Crippen molar-refractivity contribution in [3.05, 3.63) is 29.3 Å². The van der Waals surface area contributed by atoms with Crippen molar-refractivity contribution in [3.63, 3.8) is 0 Å². The highest BCUT2D eigenvalue weighted by atomic mass is 35.5. The van der Waals surface area contributed by atoms with Gasteiger partial charge in [0.05, 0.1) is 7.11 Å². The number of carbonyl (C=O) groups is 1. The lowest BCUT2D eigenvalue weighted by atomic mass is 9.47. The molecule has 4 aliphatic rings. The van der Waals surface area contributed by atoms with Crippen LogP contribution in [0.5, 0.6) is 5.75 Å². The van der Waals surface area contributed by atoms with E-state index in [1.54, 1.807) is 7.11 Å². The van der Waals surface area contributed by atoms with Gasteiger partial charge in [-0.05, 0) is 73.2 Å². The first-order chi connectivity index (χ1) is 13.0. The highest BCUT2D eigenvalue weighted by Crippen LogP contribution is 2.58. The number of piperidine rings is 1. The van der Waals surface area contributed by atoms with Gasteiger partial charge in [-0.1, -0.05) is 26.3 Å². The fourth-order valence-electron chi connectivity index (χ4n) is 6.86. The van der Waals surface area contributed by atoms with Crippen molar-refractivity contribution in [1.82, 2.24) is 4.90 Å². The topological polar surface area (TPSA) is 29.5 Å². The lowest BCUT2D eigenvalue weighted by molar-refractivity contribution is -0.138. The molecule has 5 rings (SSSR count). The van der Waals surface area contributed by atoms with Crippen LogP contribution in [0.2, 0.25) is 0 Å². The van der Waals surface area contributed by atoms with E-state index in [1.807, 2.05) is 0 Å². The molecule has 3 nitrogen and oxygen atoms in total. The molecule has 3 fully saturated rings. The molecule has 0 N–H and O–H groups in total. The van der Waals surface area contributed by atoms with Gasteiger partial charge in [0, 0.05) is 30.3 Å². The second kappa shape index (κ2) is 7.32. The predicted octanol–water partition coefficient (Wildman–Crippen LogP) is 4.65. The molecule has 5 atom stereocenters. The molecule has 1 saturated heterocycles. The molecule has 1 aliphatic heterocycles. The molecule has 0 radical (unpaired) electrons. The van der Waals surface area contributed by atoms with E-state index in [9.17, 15) is 4.79 Å². The summed E-state index contributed by atoms with van der Waals surface area (Å²) in [7, 11) is 1.75. The SMILES string of the molecule is COc1ccc2c(c1)C13CCN(CC4CCC4)C(C2)[C@@H]1[C@@H](C)[C@H](C)C(=O)C3.Cl. The molecular weight excluding hydrogens is 370 g/mol. The van der Waals surface area contributed by atoms with E-state index in [-0.39, 0.29) is 23.7 Å². The van der Waals surface area contributed by atoms with Gasteiger partial charge in [0.1, 0.15) is 11.5 Å². The number of halogens is 1. The summed E-state index contributed by atoms with van der Waals surface area (Å²) in [6.45, 7) is 6.96. The van der Waals surface area contributed by atoms with Gasteiger partial charge in [-0.15, -0.1) is 12.4 Å². The Balaban J connectivity index is 0.00000192. The molecule has 1 aromatic carbocycles. The molecule has 2 unspecified atom stereocenters. The Morgan fingerprint density at radius 1 is 1.25 bits per heavy atom. The number of likely N-dealkylation sites (tertiary alicyclic amines) is 1. The molecule has 0 aromatic heterocycles. The van der Waals surface area contributed by atoms with Gasteiger partial charge in [0.25, 0.3) is 0 Å². The van der Waals surface area contributed by atoms with Gasteiger partial charge in [0.2, 0.25) is 0 Å². The number of rotatable bonds is 3. The first kappa shape index (κ1) is 20.2. The summed E-state index contributed by atoms with van der Waals surface area (Å²) in [6, 6.07) is 7.25. The normalized spacial score (nSPS) is 37.3. The summed E-state index contributed by atoms with van der Waals surface area (Å²) < 4.78 is 5.57. The molecule has 0 amide bonds. The smallest absolute Gasteiger partial charge is 0.136 e. The average Bonchev–Trinajstić information content (AvgIpc) is 2.63. The molecule has 1 aromatic rings. The second-order valence-corrected chi connectivity index (χ2v) is 9.81. The van der Waals surface area contributed by atoms with Crippen LogP contribution in [-0.4, -0.2) is 36.9 Å². The van der Waals surface area contributed by atoms with E-state index in [4.69, 9.17) is 4.74 Å². The van der Waals surface area contributed by atoms with Crippen molar-refractivity contribution in [2.24, 2.45) is 23.7 Å². The number of ether oxygens (including phenoxy) is 1. The maximum atomic E-state index is 13.0. The number of fused-ring (bicyclic) bond motifs is 1. The number of Topliss-reactive ketones (excluding diaryl/α,β-unsaturated/α-hetero) is 1. The van der Waals surface area contributed by atoms with Crippen LogP contribution in [0.15, 0.2) is 18.2 Å². The van der Waals surface area contributed by atoms with Crippen molar-refractivity contribution in [1.29, 1.82) is 0 Å². The van der Waals surface area contributed by atoms with Crippen molar-refractivity contribution in [3.8, 4) is 5.75 Å². The number of carbonyl (C=O) groups excluding carboxylic acids is 1. The van der Waals surface area contributed by atoms with E-state index in [1.165, 1.54) is 36.9 Å². The fourth-order valence-corrected chi connectivity index (χ4v) is 6.86. The number of benzene rings is 1.